The molecule has 2 atom stereocenters. The number of ether oxygens (including phenoxy) is 1. The van der Waals surface area contributed by atoms with Crippen molar-refractivity contribution in [2.75, 3.05) is 6.67 Å². The van der Waals surface area contributed by atoms with Gasteiger partial charge in [0.2, 0.25) is 0 Å². The van der Waals surface area contributed by atoms with Crippen LogP contribution in [0.1, 0.15) is 30.5 Å². The Balaban J connectivity index is 2.43. The van der Waals surface area contributed by atoms with E-state index in [-0.39, 0.29) is 12.2 Å². The zero-order valence-electron chi connectivity index (χ0n) is 9.72. The number of nitrogens with two attached hydrogens (primary N) is 1. The number of hydrogen-bond donors (Lipinski definition) is 1. The Morgan fingerprint density at radius 1 is 1.44 bits per heavy atom. The van der Waals surface area contributed by atoms with Crippen LogP contribution in [0.5, 0.6) is 5.75 Å². The van der Waals surface area contributed by atoms with E-state index in [2.05, 4.69) is 0 Å². The van der Waals surface area contributed by atoms with E-state index in [0.717, 1.165) is 12.1 Å². The highest BCUT2D eigenvalue weighted by Gasteiger charge is 2.38. The number of hydrogen-bond acceptors (Lipinski definition) is 2. The highest BCUT2D eigenvalue weighted by molar-refractivity contribution is 5.42. The van der Waals surface area contributed by atoms with E-state index >= 15 is 0 Å². The van der Waals surface area contributed by atoms with Gasteiger partial charge in [-0.25, -0.2) is 4.39 Å². The Bertz CT molecular complexity index is 460. The van der Waals surface area contributed by atoms with Gasteiger partial charge in [-0.2, -0.15) is 13.2 Å². The van der Waals surface area contributed by atoms with Crippen molar-refractivity contribution in [1.82, 2.24) is 0 Å². The number of benzene rings is 1. The van der Waals surface area contributed by atoms with Crippen molar-refractivity contribution in [1.29, 1.82) is 0 Å². The Morgan fingerprint density at radius 3 is 2.67 bits per heavy atom. The smallest absolute Gasteiger partial charge is 0.416 e. The molecule has 6 heteroatoms. The summed E-state index contributed by atoms with van der Waals surface area (Å²) in [5.74, 6) is 0.0173. The first kappa shape index (κ1) is 13.1. The first-order chi connectivity index (χ1) is 8.25. The van der Waals surface area contributed by atoms with Gasteiger partial charge in [-0.15, -0.1) is 0 Å². The van der Waals surface area contributed by atoms with Crippen molar-refractivity contribution in [2.45, 2.75) is 31.2 Å². The Kier molecular flexibility index (Phi) is 3.01. The minimum atomic E-state index is -4.45. The molecule has 0 radical (unpaired) electrons. The zero-order valence-corrected chi connectivity index (χ0v) is 9.72. The molecule has 0 fully saturated rings. The molecule has 1 aromatic rings. The SMILES string of the molecule is CC1(CF)C[C@@H](N)c2ccc(C(F)(F)F)cc2O1. The molecule has 1 aliphatic heterocycles. The minimum absolute atomic E-state index is 0.0173. The van der Waals surface area contributed by atoms with Crippen molar-refractivity contribution in [3.05, 3.63) is 29.3 Å². The summed E-state index contributed by atoms with van der Waals surface area (Å²) in [6, 6.07) is 2.61. The highest BCUT2D eigenvalue weighted by atomic mass is 19.4. The first-order valence-corrected chi connectivity index (χ1v) is 5.47. The Morgan fingerprint density at radius 2 is 2.11 bits per heavy atom. The van der Waals surface area contributed by atoms with E-state index in [4.69, 9.17) is 10.5 Å². The molecule has 1 aromatic carbocycles. The molecule has 2 rings (SSSR count). The molecule has 0 bridgehead atoms. The predicted molar refractivity (Wildman–Crippen MR) is 58.0 cm³/mol. The maximum absolute atomic E-state index is 12.9. The average molecular weight is 263 g/mol. The predicted octanol–water partition coefficient (Wildman–Crippen LogP) is 3.22. The van der Waals surface area contributed by atoms with Crippen LogP contribution in [-0.4, -0.2) is 12.3 Å². The van der Waals surface area contributed by atoms with Crippen LogP contribution in [0.2, 0.25) is 0 Å². The van der Waals surface area contributed by atoms with E-state index in [1.54, 1.807) is 0 Å². The van der Waals surface area contributed by atoms with Crippen LogP contribution in [0, 0.1) is 0 Å². The summed E-state index contributed by atoms with van der Waals surface area (Å²) in [5.41, 5.74) is 4.33. The van der Waals surface area contributed by atoms with Gasteiger partial charge in [0.15, 0.2) is 0 Å². The fourth-order valence-corrected chi connectivity index (χ4v) is 2.07. The van der Waals surface area contributed by atoms with Crippen LogP contribution < -0.4 is 10.5 Å². The molecule has 18 heavy (non-hydrogen) atoms. The van der Waals surface area contributed by atoms with Crippen molar-refractivity contribution in [2.24, 2.45) is 5.73 Å². The number of alkyl halides is 4. The quantitative estimate of drug-likeness (QED) is 0.789. The molecule has 0 saturated carbocycles. The molecule has 0 saturated heterocycles. The van der Waals surface area contributed by atoms with Crippen molar-refractivity contribution >= 4 is 0 Å². The lowest BCUT2D eigenvalue weighted by atomic mass is 9.89. The van der Waals surface area contributed by atoms with Gasteiger partial charge in [-0.3, -0.25) is 0 Å². The largest absolute Gasteiger partial charge is 0.484 e. The van der Waals surface area contributed by atoms with Gasteiger partial charge in [-0.1, -0.05) is 6.07 Å². The second-order valence-electron chi connectivity index (χ2n) is 4.75. The van der Waals surface area contributed by atoms with E-state index in [0.29, 0.717) is 5.56 Å². The van der Waals surface area contributed by atoms with Gasteiger partial charge >= 0.3 is 6.18 Å². The van der Waals surface area contributed by atoms with Crippen LogP contribution in [0.3, 0.4) is 0 Å². The topological polar surface area (TPSA) is 35.2 Å². The lowest BCUT2D eigenvalue weighted by molar-refractivity contribution is -0.137. The lowest BCUT2D eigenvalue weighted by Gasteiger charge is -2.37. The third-order valence-corrected chi connectivity index (χ3v) is 3.03. The second-order valence-corrected chi connectivity index (χ2v) is 4.75. The molecular weight excluding hydrogens is 250 g/mol. The molecular formula is C12H13F4NO. The first-order valence-electron chi connectivity index (χ1n) is 5.47. The van der Waals surface area contributed by atoms with E-state index in [1.165, 1.54) is 13.0 Å². The van der Waals surface area contributed by atoms with Crippen molar-refractivity contribution < 1.29 is 22.3 Å². The number of fused-ring (bicyclic) bond motifs is 1. The minimum Gasteiger partial charge on any atom is -0.484 e. The maximum atomic E-state index is 12.9. The van der Waals surface area contributed by atoms with Crippen molar-refractivity contribution in [3.63, 3.8) is 0 Å². The van der Waals surface area contributed by atoms with Crippen LogP contribution in [0.15, 0.2) is 18.2 Å². The number of halogens is 4. The van der Waals surface area contributed by atoms with Gasteiger partial charge in [0.05, 0.1) is 5.56 Å². The van der Waals surface area contributed by atoms with Gasteiger partial charge < -0.3 is 10.5 Å². The third-order valence-electron chi connectivity index (χ3n) is 3.03. The van der Waals surface area contributed by atoms with Crippen LogP contribution in [0.25, 0.3) is 0 Å². The van der Waals surface area contributed by atoms with E-state index < -0.39 is 30.1 Å². The lowest BCUT2D eigenvalue weighted by Crippen LogP contribution is -2.42. The molecule has 1 aliphatic rings. The monoisotopic (exact) mass is 263 g/mol. The fourth-order valence-electron chi connectivity index (χ4n) is 2.07. The van der Waals surface area contributed by atoms with Gasteiger partial charge in [0.25, 0.3) is 0 Å². The van der Waals surface area contributed by atoms with Crippen LogP contribution in [0.4, 0.5) is 17.6 Å². The molecule has 1 unspecified atom stereocenters. The summed E-state index contributed by atoms with van der Waals surface area (Å²) < 4.78 is 55.9. The van der Waals surface area contributed by atoms with E-state index in [9.17, 15) is 17.6 Å². The zero-order chi connectivity index (χ0) is 13.6. The molecule has 0 aromatic heterocycles. The maximum Gasteiger partial charge on any atom is 0.416 e. The van der Waals surface area contributed by atoms with Crippen LogP contribution >= 0.6 is 0 Å². The molecule has 0 aliphatic carbocycles. The highest BCUT2D eigenvalue weighted by Crippen LogP contribution is 2.41. The summed E-state index contributed by atoms with van der Waals surface area (Å²) in [6.07, 6.45) is -4.21. The average Bonchev–Trinajstić information content (AvgIpc) is 2.27. The number of rotatable bonds is 1. The fraction of sp³-hybridized carbons (Fsp3) is 0.500. The summed E-state index contributed by atoms with van der Waals surface area (Å²) in [6.45, 7) is 0.701. The van der Waals surface area contributed by atoms with Gasteiger partial charge in [0, 0.05) is 18.0 Å². The van der Waals surface area contributed by atoms with E-state index in [1.807, 2.05) is 0 Å². The molecule has 2 nitrogen and oxygen atoms in total. The summed E-state index contributed by atoms with van der Waals surface area (Å²) in [5, 5.41) is 0. The molecule has 0 spiro atoms. The third kappa shape index (κ3) is 2.29. The van der Waals surface area contributed by atoms with Crippen LogP contribution in [-0.2, 0) is 6.18 Å². The second kappa shape index (κ2) is 4.12. The standard InChI is InChI=1S/C12H13F4NO/c1-11(6-13)5-9(17)8-3-2-7(12(14,15)16)4-10(8)18-11/h2-4,9H,5-6,17H2,1H3/t9-,11?/m1/s1. The van der Waals surface area contributed by atoms with Gasteiger partial charge in [0.1, 0.15) is 18.0 Å². The normalized spacial score (nSPS) is 27.6. The molecule has 2 N–H and O–H groups in total. The summed E-state index contributed by atoms with van der Waals surface area (Å²) >= 11 is 0. The molecule has 1 heterocycles. The summed E-state index contributed by atoms with van der Waals surface area (Å²) in [4.78, 5) is 0. The Labute approximate surface area is 102 Å². The molecule has 0 amide bonds. The van der Waals surface area contributed by atoms with Gasteiger partial charge in [-0.05, 0) is 19.1 Å². The van der Waals surface area contributed by atoms with Crippen molar-refractivity contribution in [3.8, 4) is 5.75 Å². The molecule has 100 valence electrons. The summed E-state index contributed by atoms with van der Waals surface area (Å²) in [7, 11) is 0. The Hall–Kier alpha value is -1.30.